The Kier molecular flexibility index (Phi) is 6.73. The van der Waals surface area contributed by atoms with Crippen molar-refractivity contribution in [2.45, 2.75) is 0 Å². The first-order valence-electron chi connectivity index (χ1n) is 19.5. The zero-order chi connectivity index (χ0) is 36.7. The lowest BCUT2D eigenvalue weighted by Gasteiger charge is -2.17. The summed E-state index contributed by atoms with van der Waals surface area (Å²) in [6.45, 7) is 0. The normalized spacial score (nSPS) is 11.9. The van der Waals surface area contributed by atoms with Crippen LogP contribution in [0, 0.1) is 0 Å². The summed E-state index contributed by atoms with van der Waals surface area (Å²) in [5.41, 5.74) is 9.98. The van der Waals surface area contributed by atoms with Gasteiger partial charge in [0.15, 0.2) is 0 Å². The van der Waals surface area contributed by atoms with E-state index < -0.39 is 0 Å². The SMILES string of the molecule is c1cc(-c2cccc3c2ccc2ccccc23)cc(-c2ccc3ccc4c(-c5ccc(-c6cccc7ccc8ccccc8c67)cc5)ccc5ccc2c3c54)c1. The van der Waals surface area contributed by atoms with Gasteiger partial charge in [-0.3, -0.25) is 0 Å². The maximum Gasteiger partial charge on any atom is -0.00203 e. The zero-order valence-electron chi connectivity index (χ0n) is 30.6. The topological polar surface area (TPSA) is 0 Å². The predicted octanol–water partition coefficient (Wildman–Crippen LogP) is 15.9. The number of rotatable bonds is 4. The third-order valence-corrected chi connectivity index (χ3v) is 12.2. The average molecular weight is 707 g/mol. The minimum Gasteiger partial charge on any atom is -0.0616 e. The predicted molar refractivity (Wildman–Crippen MR) is 242 cm³/mol. The molecule has 56 heavy (non-hydrogen) atoms. The molecule has 0 heteroatoms. The van der Waals surface area contributed by atoms with Crippen LogP contribution < -0.4 is 0 Å². The summed E-state index contributed by atoms with van der Waals surface area (Å²) in [5.74, 6) is 0. The molecule has 0 heterocycles. The lowest BCUT2D eigenvalue weighted by atomic mass is 9.86. The van der Waals surface area contributed by atoms with Gasteiger partial charge in [-0.1, -0.05) is 200 Å². The second kappa shape index (κ2) is 12.1. The van der Waals surface area contributed by atoms with Crippen LogP contribution in [0.1, 0.15) is 0 Å². The molecule has 258 valence electrons. The first-order chi connectivity index (χ1) is 27.8. The van der Waals surface area contributed by atoms with Crippen LogP contribution in [-0.4, -0.2) is 0 Å². The largest absolute Gasteiger partial charge is 0.0616 e. The molecule has 0 saturated heterocycles. The van der Waals surface area contributed by atoms with Crippen molar-refractivity contribution in [1.29, 1.82) is 0 Å². The van der Waals surface area contributed by atoms with Gasteiger partial charge in [-0.15, -0.1) is 0 Å². The molecular formula is C56H34. The minimum atomic E-state index is 1.23. The van der Waals surface area contributed by atoms with E-state index in [2.05, 4.69) is 206 Å². The molecule has 0 aliphatic rings. The smallest absolute Gasteiger partial charge is 0.00203 e. The fraction of sp³-hybridized carbons (Fsp3) is 0. The van der Waals surface area contributed by atoms with Gasteiger partial charge in [0.25, 0.3) is 0 Å². The van der Waals surface area contributed by atoms with Gasteiger partial charge in [-0.05, 0) is 126 Å². The highest BCUT2D eigenvalue weighted by Gasteiger charge is 2.16. The van der Waals surface area contributed by atoms with Crippen LogP contribution in [0.15, 0.2) is 206 Å². The van der Waals surface area contributed by atoms with Crippen molar-refractivity contribution in [3.05, 3.63) is 206 Å². The molecule has 0 unspecified atom stereocenters. The molecular weight excluding hydrogens is 673 g/mol. The molecule has 12 aromatic rings. The van der Waals surface area contributed by atoms with E-state index in [1.165, 1.54) is 120 Å². The number of fused-ring (bicyclic) bond motifs is 6. The Morgan fingerprint density at radius 3 is 1.34 bits per heavy atom. The Morgan fingerprint density at radius 2 is 0.607 bits per heavy atom. The van der Waals surface area contributed by atoms with Crippen LogP contribution in [0.25, 0.3) is 120 Å². The van der Waals surface area contributed by atoms with Crippen molar-refractivity contribution in [2.24, 2.45) is 0 Å². The van der Waals surface area contributed by atoms with Gasteiger partial charge in [-0.2, -0.15) is 0 Å². The molecule has 12 rings (SSSR count). The highest BCUT2D eigenvalue weighted by atomic mass is 14.2. The zero-order valence-corrected chi connectivity index (χ0v) is 30.6. The molecule has 0 aliphatic heterocycles. The van der Waals surface area contributed by atoms with Crippen LogP contribution >= 0.6 is 0 Å². The summed E-state index contributed by atoms with van der Waals surface area (Å²) >= 11 is 0. The van der Waals surface area contributed by atoms with Crippen molar-refractivity contribution < 1.29 is 0 Å². The Morgan fingerprint density at radius 1 is 0.179 bits per heavy atom. The van der Waals surface area contributed by atoms with E-state index in [1.807, 2.05) is 0 Å². The molecule has 0 nitrogen and oxygen atoms in total. The van der Waals surface area contributed by atoms with Crippen molar-refractivity contribution in [3.8, 4) is 44.5 Å². The van der Waals surface area contributed by atoms with Gasteiger partial charge in [-0.25, -0.2) is 0 Å². The van der Waals surface area contributed by atoms with Crippen LogP contribution in [0.2, 0.25) is 0 Å². The fourth-order valence-electron chi connectivity index (χ4n) is 9.58. The first kappa shape index (κ1) is 31.1. The molecule has 0 bridgehead atoms. The van der Waals surface area contributed by atoms with E-state index in [9.17, 15) is 0 Å². The molecule has 0 N–H and O–H groups in total. The summed E-state index contributed by atoms with van der Waals surface area (Å²) in [4.78, 5) is 0. The molecule has 0 radical (unpaired) electrons. The van der Waals surface area contributed by atoms with Crippen LogP contribution in [0.4, 0.5) is 0 Å². The van der Waals surface area contributed by atoms with E-state index in [-0.39, 0.29) is 0 Å². The van der Waals surface area contributed by atoms with Crippen molar-refractivity contribution in [3.63, 3.8) is 0 Å². The maximum absolute atomic E-state index is 2.38. The monoisotopic (exact) mass is 706 g/mol. The molecule has 0 saturated carbocycles. The fourth-order valence-corrected chi connectivity index (χ4v) is 9.58. The lowest BCUT2D eigenvalue weighted by molar-refractivity contribution is 1.63. The summed E-state index contributed by atoms with van der Waals surface area (Å²) in [7, 11) is 0. The van der Waals surface area contributed by atoms with Crippen molar-refractivity contribution >= 4 is 75.4 Å². The minimum absolute atomic E-state index is 1.23. The number of benzene rings is 12. The van der Waals surface area contributed by atoms with Gasteiger partial charge in [0, 0.05) is 0 Å². The number of hydrogen-bond donors (Lipinski definition) is 0. The quantitative estimate of drug-likeness (QED) is 0.160. The Hall–Kier alpha value is -7.28. The second-order valence-electron chi connectivity index (χ2n) is 15.2. The second-order valence-corrected chi connectivity index (χ2v) is 15.2. The Bertz CT molecular complexity index is 3510. The van der Waals surface area contributed by atoms with E-state index in [0.29, 0.717) is 0 Å². The molecule has 0 spiro atoms. The molecule has 0 aromatic heterocycles. The summed E-state index contributed by atoms with van der Waals surface area (Å²) in [6.07, 6.45) is 0. The van der Waals surface area contributed by atoms with Crippen LogP contribution in [0.3, 0.4) is 0 Å². The highest BCUT2D eigenvalue weighted by Crippen LogP contribution is 2.44. The summed E-state index contributed by atoms with van der Waals surface area (Å²) in [6, 6.07) is 76.6. The third kappa shape index (κ3) is 4.66. The highest BCUT2D eigenvalue weighted by molar-refractivity contribution is 6.27. The Balaban J connectivity index is 0.980. The lowest BCUT2D eigenvalue weighted by Crippen LogP contribution is -1.90. The molecule has 12 aromatic carbocycles. The van der Waals surface area contributed by atoms with Gasteiger partial charge in [0.2, 0.25) is 0 Å². The van der Waals surface area contributed by atoms with Gasteiger partial charge in [0.1, 0.15) is 0 Å². The molecule has 0 aliphatic carbocycles. The average Bonchev–Trinajstić information content (AvgIpc) is 3.27. The van der Waals surface area contributed by atoms with Gasteiger partial charge >= 0.3 is 0 Å². The first-order valence-corrected chi connectivity index (χ1v) is 19.5. The molecule has 0 amide bonds. The van der Waals surface area contributed by atoms with E-state index in [4.69, 9.17) is 0 Å². The molecule has 0 fully saturated rings. The maximum atomic E-state index is 2.38. The van der Waals surface area contributed by atoms with Gasteiger partial charge in [0.05, 0.1) is 0 Å². The van der Waals surface area contributed by atoms with E-state index >= 15 is 0 Å². The van der Waals surface area contributed by atoms with Crippen LogP contribution in [0.5, 0.6) is 0 Å². The molecule has 0 atom stereocenters. The number of hydrogen-bond acceptors (Lipinski definition) is 0. The van der Waals surface area contributed by atoms with Crippen molar-refractivity contribution in [2.75, 3.05) is 0 Å². The van der Waals surface area contributed by atoms with E-state index in [1.54, 1.807) is 0 Å². The summed E-state index contributed by atoms with van der Waals surface area (Å²) in [5, 5.41) is 18.1. The summed E-state index contributed by atoms with van der Waals surface area (Å²) < 4.78 is 0. The van der Waals surface area contributed by atoms with Gasteiger partial charge < -0.3 is 0 Å². The standard InChI is InChI=1S/C56H34/c1-3-13-44-35(8-1)24-31-51-45(15-7-17-50(44)51)42-11-5-12-43(34-42)47-30-26-41-27-32-52-46(29-25-40-28-33-53(47)56(41)55(40)52)37-18-20-38(21-19-37)49-16-6-10-39-23-22-36-9-2-4-14-48(36)54(39)49/h1-34H. The third-order valence-electron chi connectivity index (χ3n) is 12.2. The Labute approximate surface area is 324 Å². The van der Waals surface area contributed by atoms with Crippen LogP contribution in [-0.2, 0) is 0 Å². The van der Waals surface area contributed by atoms with Crippen molar-refractivity contribution in [1.82, 2.24) is 0 Å². The van der Waals surface area contributed by atoms with E-state index in [0.717, 1.165) is 0 Å².